The van der Waals surface area contributed by atoms with Crippen LogP contribution in [0.25, 0.3) is 0 Å². The molecule has 0 saturated carbocycles. The molecule has 0 bridgehead atoms. The van der Waals surface area contributed by atoms with Crippen LogP contribution in [-0.4, -0.2) is 67.5 Å². The Hall–Kier alpha value is -2.91. The Labute approximate surface area is 185 Å². The van der Waals surface area contributed by atoms with Crippen LogP contribution in [0.2, 0.25) is 5.02 Å². The van der Waals surface area contributed by atoms with Crippen molar-refractivity contribution < 1.29 is 22.8 Å². The van der Waals surface area contributed by atoms with E-state index in [0.29, 0.717) is 18.1 Å². The molecule has 0 spiro atoms. The third-order valence-corrected chi connectivity index (χ3v) is 7.13. The topological polar surface area (TPSA) is 104 Å². The molecule has 164 valence electrons. The smallest absolute Gasteiger partial charge is 0.261 e. The number of nitrogens with one attached hydrogen (secondary N) is 1. The average Bonchev–Trinajstić information content (AvgIpc) is 2.77. The van der Waals surface area contributed by atoms with Crippen molar-refractivity contribution >= 4 is 39.2 Å². The minimum Gasteiger partial charge on any atom is -0.339 e. The van der Waals surface area contributed by atoms with E-state index in [1.165, 1.54) is 48.2 Å². The summed E-state index contributed by atoms with van der Waals surface area (Å²) >= 11 is 5.86. The maximum absolute atomic E-state index is 13.3. The molecular formula is C21H22ClN3O5S. The van der Waals surface area contributed by atoms with Gasteiger partial charge in [0.05, 0.1) is 4.90 Å². The van der Waals surface area contributed by atoms with Crippen LogP contribution in [0.4, 0.5) is 0 Å². The summed E-state index contributed by atoms with van der Waals surface area (Å²) in [6.07, 6.45) is 0. The Morgan fingerprint density at radius 2 is 1.45 bits per heavy atom. The zero-order valence-corrected chi connectivity index (χ0v) is 18.4. The summed E-state index contributed by atoms with van der Waals surface area (Å²) in [7, 11) is -4.26. The summed E-state index contributed by atoms with van der Waals surface area (Å²) in [5.41, 5.74) is 0.230. The fourth-order valence-corrected chi connectivity index (χ4v) is 4.82. The number of piperazine rings is 1. The average molecular weight is 464 g/mol. The summed E-state index contributed by atoms with van der Waals surface area (Å²) in [5, 5.41) is 0.915. The van der Waals surface area contributed by atoms with Crippen molar-refractivity contribution in [2.24, 2.45) is 0 Å². The van der Waals surface area contributed by atoms with Gasteiger partial charge in [-0.05, 0) is 36.4 Å². The lowest BCUT2D eigenvalue weighted by Gasteiger charge is -2.36. The van der Waals surface area contributed by atoms with Gasteiger partial charge in [0.2, 0.25) is 21.1 Å². The van der Waals surface area contributed by atoms with Crippen LogP contribution in [0.1, 0.15) is 17.3 Å². The molecule has 1 fully saturated rings. The van der Waals surface area contributed by atoms with Gasteiger partial charge in [0.25, 0.3) is 11.8 Å². The Bertz CT molecular complexity index is 1070. The molecule has 2 aromatic carbocycles. The largest absolute Gasteiger partial charge is 0.339 e. The Morgan fingerprint density at radius 3 is 2.00 bits per heavy atom. The third kappa shape index (κ3) is 5.23. The molecular weight excluding hydrogens is 442 g/mol. The first-order chi connectivity index (χ1) is 14.7. The second-order valence-electron chi connectivity index (χ2n) is 7.05. The summed E-state index contributed by atoms with van der Waals surface area (Å²) in [4.78, 5) is 40.3. The standard InChI is InChI=1S/C21H22ClN3O5S/c1-15(26)24-11-13-25(14-12-24)21(28)20(23-19(27)16-5-3-2-4-6-16)31(29,30)18-9-7-17(22)8-10-18/h2-10,20H,11-14H2,1H3,(H,23,27). The predicted octanol–water partition coefficient (Wildman–Crippen LogP) is 1.56. The predicted molar refractivity (Wildman–Crippen MR) is 115 cm³/mol. The molecule has 1 unspecified atom stereocenters. The van der Waals surface area contributed by atoms with E-state index < -0.39 is 27.0 Å². The SMILES string of the molecule is CC(=O)N1CCN(C(=O)C(NC(=O)c2ccccc2)S(=O)(=O)c2ccc(Cl)cc2)CC1. The Morgan fingerprint density at radius 1 is 0.903 bits per heavy atom. The maximum atomic E-state index is 13.3. The van der Waals surface area contributed by atoms with Gasteiger partial charge in [-0.15, -0.1) is 0 Å². The van der Waals surface area contributed by atoms with Crippen molar-refractivity contribution in [3.8, 4) is 0 Å². The molecule has 0 radical (unpaired) electrons. The minimum absolute atomic E-state index is 0.116. The first-order valence-corrected chi connectivity index (χ1v) is 11.5. The van der Waals surface area contributed by atoms with Crippen LogP contribution in [-0.2, 0) is 19.4 Å². The van der Waals surface area contributed by atoms with Crippen LogP contribution >= 0.6 is 11.6 Å². The summed E-state index contributed by atoms with van der Waals surface area (Å²) in [6, 6.07) is 13.4. The lowest BCUT2D eigenvalue weighted by Crippen LogP contribution is -2.57. The van der Waals surface area contributed by atoms with Gasteiger partial charge in [0.1, 0.15) is 0 Å². The molecule has 3 rings (SSSR count). The molecule has 1 heterocycles. The van der Waals surface area contributed by atoms with Crippen LogP contribution in [0.3, 0.4) is 0 Å². The first kappa shape index (κ1) is 22.8. The lowest BCUT2D eigenvalue weighted by molar-refractivity contribution is -0.138. The fraction of sp³-hybridized carbons (Fsp3) is 0.286. The van der Waals surface area contributed by atoms with Gasteiger partial charge in [-0.2, -0.15) is 0 Å². The second-order valence-corrected chi connectivity index (χ2v) is 9.52. The van der Waals surface area contributed by atoms with Crippen LogP contribution in [0.15, 0.2) is 59.5 Å². The van der Waals surface area contributed by atoms with Crippen molar-refractivity contribution in [2.75, 3.05) is 26.2 Å². The van der Waals surface area contributed by atoms with Crippen molar-refractivity contribution in [3.63, 3.8) is 0 Å². The first-order valence-electron chi connectivity index (χ1n) is 9.60. The van der Waals surface area contributed by atoms with E-state index in [1.54, 1.807) is 23.1 Å². The third-order valence-electron chi connectivity index (χ3n) is 5.01. The van der Waals surface area contributed by atoms with E-state index in [1.807, 2.05) is 0 Å². The van der Waals surface area contributed by atoms with Gasteiger partial charge in [-0.1, -0.05) is 29.8 Å². The van der Waals surface area contributed by atoms with Gasteiger partial charge >= 0.3 is 0 Å². The number of amides is 3. The minimum atomic E-state index is -4.26. The molecule has 1 N–H and O–H groups in total. The number of sulfone groups is 1. The molecule has 2 aromatic rings. The number of carbonyl (C=O) groups is 3. The van der Waals surface area contributed by atoms with Gasteiger partial charge in [-0.25, -0.2) is 8.42 Å². The number of halogens is 1. The number of hydrogen-bond donors (Lipinski definition) is 1. The number of carbonyl (C=O) groups excluding carboxylic acids is 3. The summed E-state index contributed by atoms with van der Waals surface area (Å²) in [6.45, 7) is 2.37. The molecule has 0 aliphatic carbocycles. The number of hydrogen-bond acceptors (Lipinski definition) is 5. The quantitative estimate of drug-likeness (QED) is 0.724. The van der Waals surface area contributed by atoms with E-state index in [0.717, 1.165) is 0 Å². The van der Waals surface area contributed by atoms with Gasteiger partial charge in [-0.3, -0.25) is 14.4 Å². The van der Waals surface area contributed by atoms with Crippen molar-refractivity contribution in [1.29, 1.82) is 0 Å². The second kappa shape index (κ2) is 9.49. The molecule has 0 aromatic heterocycles. The Kier molecular flexibility index (Phi) is 6.97. The van der Waals surface area contributed by atoms with Crippen molar-refractivity contribution in [1.82, 2.24) is 15.1 Å². The fourth-order valence-electron chi connectivity index (χ4n) is 3.23. The molecule has 1 atom stereocenters. The van der Waals surface area contributed by atoms with Crippen molar-refractivity contribution in [2.45, 2.75) is 17.2 Å². The highest BCUT2D eigenvalue weighted by Crippen LogP contribution is 2.20. The highest BCUT2D eigenvalue weighted by atomic mass is 35.5. The lowest BCUT2D eigenvalue weighted by atomic mass is 10.2. The molecule has 1 aliphatic rings. The van der Waals surface area contributed by atoms with Gasteiger partial charge < -0.3 is 15.1 Å². The van der Waals surface area contributed by atoms with E-state index in [4.69, 9.17) is 11.6 Å². The van der Waals surface area contributed by atoms with Crippen LogP contribution < -0.4 is 5.32 Å². The summed E-state index contributed by atoms with van der Waals surface area (Å²) in [5.74, 6) is -1.55. The van der Waals surface area contributed by atoms with E-state index in [-0.39, 0.29) is 29.5 Å². The normalized spacial score (nSPS) is 15.3. The van der Waals surface area contributed by atoms with Gasteiger partial charge in [0.15, 0.2) is 0 Å². The van der Waals surface area contributed by atoms with Crippen LogP contribution in [0.5, 0.6) is 0 Å². The van der Waals surface area contributed by atoms with Gasteiger partial charge in [0, 0.05) is 43.7 Å². The molecule has 10 heteroatoms. The number of rotatable bonds is 5. The van der Waals surface area contributed by atoms with Crippen LogP contribution in [0, 0.1) is 0 Å². The zero-order chi connectivity index (χ0) is 22.6. The van der Waals surface area contributed by atoms with E-state index in [2.05, 4.69) is 5.32 Å². The monoisotopic (exact) mass is 463 g/mol. The highest BCUT2D eigenvalue weighted by molar-refractivity contribution is 7.92. The molecule has 31 heavy (non-hydrogen) atoms. The number of nitrogens with zero attached hydrogens (tertiary/aromatic N) is 2. The molecule has 1 saturated heterocycles. The molecule has 3 amide bonds. The van der Waals surface area contributed by atoms with E-state index in [9.17, 15) is 22.8 Å². The summed E-state index contributed by atoms with van der Waals surface area (Å²) < 4.78 is 26.6. The zero-order valence-electron chi connectivity index (χ0n) is 16.8. The van der Waals surface area contributed by atoms with Crippen molar-refractivity contribution in [3.05, 3.63) is 65.2 Å². The molecule has 8 nitrogen and oxygen atoms in total. The maximum Gasteiger partial charge on any atom is 0.261 e. The van der Waals surface area contributed by atoms with E-state index >= 15 is 0 Å². The number of benzene rings is 2. The Balaban J connectivity index is 1.90. The highest BCUT2D eigenvalue weighted by Gasteiger charge is 2.39. The molecule has 1 aliphatic heterocycles.